The van der Waals surface area contributed by atoms with Crippen LogP contribution < -0.4 is 0 Å². The molecular formula is C19H33NOSSi. The molecular weight excluding hydrogens is 318 g/mol. The Labute approximate surface area is 148 Å². The van der Waals surface area contributed by atoms with Crippen LogP contribution in [-0.2, 0) is 4.43 Å². The van der Waals surface area contributed by atoms with E-state index in [-0.39, 0.29) is 5.04 Å². The Kier molecular flexibility index (Phi) is 8.41. The van der Waals surface area contributed by atoms with Crippen LogP contribution in [-0.4, -0.2) is 13.3 Å². The number of nitrogens with zero attached hydrogens (tertiary/aromatic N) is 1. The fourth-order valence-electron chi connectivity index (χ4n) is 1.81. The largest absolute Gasteiger partial charge is 0.539 e. The second kappa shape index (κ2) is 9.53. The summed E-state index contributed by atoms with van der Waals surface area (Å²) in [6, 6.07) is 6.03. The molecule has 0 saturated heterocycles. The lowest BCUT2D eigenvalue weighted by atomic mass is 10.1. The molecule has 1 aromatic heterocycles. The van der Waals surface area contributed by atoms with E-state index >= 15 is 0 Å². The summed E-state index contributed by atoms with van der Waals surface area (Å²) in [6.07, 6.45) is 10.3. The zero-order valence-electron chi connectivity index (χ0n) is 15.7. The van der Waals surface area contributed by atoms with E-state index in [1.165, 1.54) is 25.7 Å². The van der Waals surface area contributed by atoms with Crippen LogP contribution in [0, 0.1) is 0 Å². The molecule has 0 aliphatic carbocycles. The average molecular weight is 352 g/mol. The van der Waals surface area contributed by atoms with Crippen LogP contribution in [0.25, 0.3) is 0 Å². The Morgan fingerprint density at radius 2 is 1.96 bits per heavy atom. The molecule has 4 heteroatoms. The maximum Gasteiger partial charge on any atom is 0.251 e. The van der Waals surface area contributed by atoms with Crippen LogP contribution >= 0.6 is 11.8 Å². The first kappa shape index (κ1) is 20.3. The van der Waals surface area contributed by atoms with E-state index in [9.17, 15) is 0 Å². The number of hydrogen-bond acceptors (Lipinski definition) is 3. The van der Waals surface area contributed by atoms with Gasteiger partial charge in [0.15, 0.2) is 0 Å². The van der Waals surface area contributed by atoms with Gasteiger partial charge in [-0.05, 0) is 60.9 Å². The van der Waals surface area contributed by atoms with E-state index in [4.69, 9.17) is 4.43 Å². The Hall–Kier alpha value is -0.743. The van der Waals surface area contributed by atoms with E-state index in [1.807, 2.05) is 24.4 Å². The summed E-state index contributed by atoms with van der Waals surface area (Å²) in [7, 11) is -1.81. The minimum absolute atomic E-state index is 0.207. The molecule has 0 aliphatic rings. The zero-order valence-corrected chi connectivity index (χ0v) is 17.5. The minimum Gasteiger partial charge on any atom is -0.539 e. The van der Waals surface area contributed by atoms with Crippen molar-refractivity contribution in [3.8, 4) is 0 Å². The first-order chi connectivity index (χ1) is 10.8. The molecule has 0 N–H and O–H groups in total. The predicted molar refractivity (Wildman–Crippen MR) is 105 cm³/mol. The van der Waals surface area contributed by atoms with Gasteiger partial charge < -0.3 is 4.43 Å². The maximum absolute atomic E-state index is 6.54. The molecule has 23 heavy (non-hydrogen) atoms. The van der Waals surface area contributed by atoms with Crippen molar-refractivity contribution in [2.24, 2.45) is 0 Å². The minimum atomic E-state index is -1.81. The molecule has 2 nitrogen and oxygen atoms in total. The van der Waals surface area contributed by atoms with Crippen molar-refractivity contribution in [3.63, 3.8) is 0 Å². The summed E-state index contributed by atoms with van der Waals surface area (Å²) < 4.78 is 6.54. The maximum atomic E-state index is 6.54. The van der Waals surface area contributed by atoms with Crippen molar-refractivity contribution in [2.75, 3.05) is 0 Å². The van der Waals surface area contributed by atoms with Crippen molar-refractivity contribution >= 4 is 20.1 Å². The van der Waals surface area contributed by atoms with Gasteiger partial charge in [0.2, 0.25) is 0 Å². The molecule has 0 bridgehead atoms. The highest BCUT2D eigenvalue weighted by atomic mass is 32.2. The number of thioether (sulfide) groups is 1. The van der Waals surface area contributed by atoms with E-state index in [0.29, 0.717) is 0 Å². The van der Waals surface area contributed by atoms with Crippen molar-refractivity contribution in [1.29, 1.82) is 0 Å². The van der Waals surface area contributed by atoms with Crippen LogP contribution in [0.1, 0.15) is 59.8 Å². The van der Waals surface area contributed by atoms with Gasteiger partial charge in [0.25, 0.3) is 8.32 Å². The Morgan fingerprint density at radius 3 is 2.52 bits per heavy atom. The Bertz CT molecular complexity index is 480. The summed E-state index contributed by atoms with van der Waals surface area (Å²) in [6.45, 7) is 13.7. The molecule has 0 saturated carbocycles. The molecule has 0 amide bonds. The molecule has 0 spiro atoms. The topological polar surface area (TPSA) is 22.1 Å². The van der Waals surface area contributed by atoms with Crippen LogP contribution in [0.2, 0.25) is 18.1 Å². The lowest BCUT2D eigenvalue weighted by Crippen LogP contribution is -2.40. The zero-order chi connectivity index (χ0) is 17.3. The van der Waals surface area contributed by atoms with Gasteiger partial charge in [0.1, 0.15) is 10.1 Å². The fourth-order valence-corrected chi connectivity index (χ4v) is 4.16. The second-order valence-electron chi connectivity index (χ2n) is 7.50. The molecule has 0 radical (unpaired) electrons. The van der Waals surface area contributed by atoms with Crippen LogP contribution in [0.4, 0.5) is 0 Å². The van der Waals surface area contributed by atoms with Crippen LogP contribution in [0.3, 0.4) is 0 Å². The number of hydrogen-bond donors (Lipinski definition) is 0. The van der Waals surface area contributed by atoms with E-state index in [0.717, 1.165) is 16.5 Å². The molecule has 0 aromatic carbocycles. The average Bonchev–Trinajstić information content (AvgIpc) is 2.46. The third-order valence-corrected chi connectivity index (χ3v) is 9.77. The quantitative estimate of drug-likeness (QED) is 0.207. The van der Waals surface area contributed by atoms with E-state index in [2.05, 4.69) is 51.8 Å². The first-order valence-electron chi connectivity index (χ1n) is 8.74. The van der Waals surface area contributed by atoms with Crippen molar-refractivity contribution in [3.05, 3.63) is 35.6 Å². The Balaban J connectivity index is 2.77. The lowest BCUT2D eigenvalue weighted by Gasteiger charge is -2.37. The molecule has 1 aromatic rings. The lowest BCUT2D eigenvalue weighted by molar-refractivity contribution is 0.415. The summed E-state index contributed by atoms with van der Waals surface area (Å²) in [5.74, 6) is 0. The van der Waals surface area contributed by atoms with Crippen molar-refractivity contribution in [1.82, 2.24) is 4.98 Å². The molecule has 1 heterocycles. The Morgan fingerprint density at radius 1 is 1.22 bits per heavy atom. The number of aromatic nitrogens is 1. The third kappa shape index (κ3) is 7.58. The molecule has 0 atom stereocenters. The highest BCUT2D eigenvalue weighted by molar-refractivity contribution is 8.02. The van der Waals surface area contributed by atoms with Gasteiger partial charge in [-0.2, -0.15) is 0 Å². The summed E-state index contributed by atoms with van der Waals surface area (Å²) in [5.41, 5.74) is 0. The number of unbranched alkanes of at least 4 members (excludes halogenated alkanes) is 4. The normalized spacial score (nSPS) is 13.2. The second-order valence-corrected chi connectivity index (χ2v) is 13.3. The highest BCUT2D eigenvalue weighted by Crippen LogP contribution is 2.40. The highest BCUT2D eigenvalue weighted by Gasteiger charge is 2.39. The molecule has 0 unspecified atom stereocenters. The summed E-state index contributed by atoms with van der Waals surface area (Å²) in [4.78, 5) is 4.43. The summed E-state index contributed by atoms with van der Waals surface area (Å²) >= 11 is 1.66. The number of rotatable bonds is 9. The van der Waals surface area contributed by atoms with Gasteiger partial charge in [-0.25, -0.2) is 4.98 Å². The molecule has 0 fully saturated rings. The first-order valence-corrected chi connectivity index (χ1v) is 12.5. The standard InChI is InChI=1S/C19H33NOSSi/c1-7-8-9-10-11-15-18(21-23(5,6)19(2,3)4)22-17-14-12-13-16-20-17/h12-16H,7-11H2,1-6H3/b18-15+. The fraction of sp³-hybridized carbons (Fsp3) is 0.632. The van der Waals surface area contributed by atoms with Gasteiger partial charge in [-0.3, -0.25) is 0 Å². The monoisotopic (exact) mass is 351 g/mol. The van der Waals surface area contributed by atoms with Gasteiger partial charge in [0, 0.05) is 6.20 Å². The predicted octanol–water partition coefficient (Wildman–Crippen LogP) is 7.01. The van der Waals surface area contributed by atoms with Crippen LogP contribution in [0.5, 0.6) is 0 Å². The van der Waals surface area contributed by atoms with Gasteiger partial charge in [-0.1, -0.05) is 53.0 Å². The van der Waals surface area contributed by atoms with Gasteiger partial charge in [-0.15, -0.1) is 0 Å². The van der Waals surface area contributed by atoms with Gasteiger partial charge >= 0.3 is 0 Å². The molecule has 1 rings (SSSR count). The van der Waals surface area contributed by atoms with Crippen molar-refractivity contribution in [2.45, 2.75) is 83.0 Å². The molecule has 0 aliphatic heterocycles. The van der Waals surface area contributed by atoms with E-state index < -0.39 is 8.32 Å². The molecule has 130 valence electrons. The number of allylic oxidation sites excluding steroid dienone is 1. The summed E-state index contributed by atoms with van der Waals surface area (Å²) in [5, 5.41) is 2.25. The van der Waals surface area contributed by atoms with E-state index in [1.54, 1.807) is 11.8 Å². The number of pyridine rings is 1. The SMILES string of the molecule is CCCCCC/C=C(\O[Si](C)(C)C(C)(C)C)Sc1ccccn1. The van der Waals surface area contributed by atoms with Gasteiger partial charge in [0.05, 0.1) is 0 Å². The van der Waals surface area contributed by atoms with Crippen LogP contribution in [0.15, 0.2) is 40.6 Å². The smallest absolute Gasteiger partial charge is 0.251 e. The third-order valence-electron chi connectivity index (χ3n) is 4.37. The van der Waals surface area contributed by atoms with Crippen molar-refractivity contribution < 1.29 is 4.43 Å².